The van der Waals surface area contributed by atoms with Crippen LogP contribution in [0.3, 0.4) is 0 Å². The van der Waals surface area contributed by atoms with Gasteiger partial charge in [0.25, 0.3) is 11.2 Å². The molecule has 1 aliphatic heterocycles. The first-order valence-electron chi connectivity index (χ1n) is 9.66. The Hall–Kier alpha value is -4.81. The number of H-pyrrole nitrogens is 1. The number of aromatic amines is 1. The van der Waals surface area contributed by atoms with Gasteiger partial charge in [0.15, 0.2) is 0 Å². The van der Waals surface area contributed by atoms with E-state index in [9.17, 15) is 14.9 Å². The monoisotopic (exact) mass is 448 g/mol. The van der Waals surface area contributed by atoms with Crippen LogP contribution in [-0.4, -0.2) is 49.5 Å². The van der Waals surface area contributed by atoms with Crippen LogP contribution in [0.1, 0.15) is 17.2 Å². The summed E-state index contributed by atoms with van der Waals surface area (Å²) in [5, 5.41) is 32.6. The molecule has 4 aromatic rings. The predicted octanol–water partition coefficient (Wildman–Crippen LogP) is 2.04. The van der Waals surface area contributed by atoms with Gasteiger partial charge in [-0.15, -0.1) is 0 Å². The minimum atomic E-state index is -0.688. The lowest BCUT2D eigenvalue weighted by atomic mass is 9.92. The van der Waals surface area contributed by atoms with Crippen LogP contribution in [0.25, 0.3) is 11.3 Å². The van der Waals surface area contributed by atoms with E-state index in [1.165, 1.54) is 23.9 Å². The lowest BCUT2D eigenvalue weighted by molar-refractivity contribution is -0.384. The molecule has 166 valence electrons. The van der Waals surface area contributed by atoms with Gasteiger partial charge in [0.1, 0.15) is 23.2 Å². The summed E-state index contributed by atoms with van der Waals surface area (Å²) in [5.74, 6) is 1.33. The molecule has 0 saturated heterocycles. The summed E-state index contributed by atoms with van der Waals surface area (Å²) in [5.41, 5.74) is 1.78. The molecule has 0 bridgehead atoms. The Bertz CT molecular complexity index is 1430. The second-order valence-corrected chi connectivity index (χ2v) is 7.08. The van der Waals surface area contributed by atoms with Gasteiger partial charge >= 0.3 is 0 Å². The molecule has 2 N–H and O–H groups in total. The summed E-state index contributed by atoms with van der Waals surface area (Å²) in [4.78, 5) is 23.3. The molecule has 3 heterocycles. The number of nitro groups is 1. The Morgan fingerprint density at radius 1 is 1.12 bits per heavy atom. The van der Waals surface area contributed by atoms with Crippen molar-refractivity contribution in [3.63, 3.8) is 0 Å². The molecule has 13 heteroatoms. The Kier molecular flexibility index (Phi) is 4.70. The maximum absolute atomic E-state index is 12.8. The summed E-state index contributed by atoms with van der Waals surface area (Å²) >= 11 is 0. The first-order chi connectivity index (χ1) is 16.0. The molecule has 5 rings (SSSR count). The van der Waals surface area contributed by atoms with Gasteiger partial charge in [0.05, 0.1) is 24.8 Å². The summed E-state index contributed by atoms with van der Waals surface area (Å²) in [6.45, 7) is 0. The van der Waals surface area contributed by atoms with E-state index < -0.39 is 16.5 Å². The first-order valence-corrected chi connectivity index (χ1v) is 9.66. The highest BCUT2D eigenvalue weighted by Gasteiger charge is 2.36. The number of fused-ring (bicyclic) bond motifs is 2. The number of aromatic nitrogens is 6. The lowest BCUT2D eigenvalue weighted by Gasteiger charge is -2.28. The number of nitro benzene ring substituents is 1. The molecule has 2 aromatic carbocycles. The Morgan fingerprint density at radius 3 is 2.61 bits per heavy atom. The minimum Gasteiger partial charge on any atom is -0.497 e. The fraction of sp³-hybridized carbons (Fsp3) is 0.150. The van der Waals surface area contributed by atoms with Crippen molar-refractivity contribution in [3.05, 3.63) is 74.1 Å². The van der Waals surface area contributed by atoms with Gasteiger partial charge in [0, 0.05) is 34.9 Å². The van der Waals surface area contributed by atoms with E-state index >= 15 is 0 Å². The van der Waals surface area contributed by atoms with Crippen molar-refractivity contribution in [2.75, 3.05) is 19.5 Å². The van der Waals surface area contributed by atoms with E-state index in [-0.39, 0.29) is 17.3 Å². The number of rotatable bonds is 5. The third-order valence-electron chi connectivity index (χ3n) is 5.36. The lowest BCUT2D eigenvalue weighted by Crippen LogP contribution is -2.29. The summed E-state index contributed by atoms with van der Waals surface area (Å²) in [6, 6.07) is 10.5. The van der Waals surface area contributed by atoms with Crippen LogP contribution in [0.2, 0.25) is 0 Å². The number of hydrogen-bond acceptors (Lipinski definition) is 10. The van der Waals surface area contributed by atoms with E-state index in [0.29, 0.717) is 33.9 Å². The van der Waals surface area contributed by atoms with Crippen molar-refractivity contribution in [3.8, 4) is 22.8 Å². The van der Waals surface area contributed by atoms with Crippen LogP contribution < -0.4 is 20.3 Å². The van der Waals surface area contributed by atoms with Crippen LogP contribution in [0.5, 0.6) is 11.5 Å². The molecule has 0 radical (unpaired) electrons. The second kappa shape index (κ2) is 7.71. The van der Waals surface area contributed by atoms with Gasteiger partial charge in [-0.2, -0.15) is 9.78 Å². The number of methoxy groups -OCH3 is 2. The van der Waals surface area contributed by atoms with E-state index in [1.54, 1.807) is 37.4 Å². The Labute approximate surface area is 185 Å². The molecule has 33 heavy (non-hydrogen) atoms. The smallest absolute Gasteiger partial charge is 0.288 e. The highest BCUT2D eigenvalue weighted by atomic mass is 16.6. The molecule has 2 aromatic heterocycles. The SMILES string of the molecule is COc1ccc([C@H]2c3c(-c4ccc([N+](=O)[O-])cc4)n[nH]c(=O)c3Nc3nnnn32)c(OC)c1. The maximum Gasteiger partial charge on any atom is 0.288 e. The quantitative estimate of drug-likeness (QED) is 0.300. The van der Waals surface area contributed by atoms with Crippen molar-refractivity contribution in [1.82, 2.24) is 30.4 Å². The molecule has 1 atom stereocenters. The van der Waals surface area contributed by atoms with Gasteiger partial charge in [-0.25, -0.2) is 5.10 Å². The van der Waals surface area contributed by atoms with E-state index in [0.717, 1.165) is 0 Å². The fourth-order valence-electron chi connectivity index (χ4n) is 3.83. The minimum absolute atomic E-state index is 0.0636. The van der Waals surface area contributed by atoms with Crippen molar-refractivity contribution in [2.24, 2.45) is 0 Å². The zero-order valence-electron chi connectivity index (χ0n) is 17.3. The van der Waals surface area contributed by atoms with Crippen molar-refractivity contribution >= 4 is 17.3 Å². The molecule has 0 unspecified atom stereocenters. The number of hydrogen-bond donors (Lipinski definition) is 2. The van der Waals surface area contributed by atoms with Crippen LogP contribution in [-0.2, 0) is 0 Å². The standard InChI is InChI=1S/C20H16N8O5/c1-32-12-7-8-13(14(9-12)33-2)18-15-16(10-3-5-11(6-4-10)28(30)31)22-23-19(29)17(15)21-20-24-25-26-27(18)20/h3-9,18H,1-2H3,(H,23,29)(H,21,24,26)/t18-/m0/s1. The Balaban J connectivity index is 1.78. The molecule has 0 saturated carbocycles. The van der Waals surface area contributed by atoms with Crippen molar-refractivity contribution < 1.29 is 14.4 Å². The number of ether oxygens (including phenoxy) is 2. The number of tetrazole rings is 1. The first kappa shape index (κ1) is 20.1. The van der Waals surface area contributed by atoms with Crippen LogP contribution in [0.15, 0.2) is 47.3 Å². The van der Waals surface area contributed by atoms with E-state index in [4.69, 9.17) is 9.47 Å². The van der Waals surface area contributed by atoms with Gasteiger partial charge in [-0.1, -0.05) is 5.10 Å². The van der Waals surface area contributed by atoms with Gasteiger partial charge in [-0.3, -0.25) is 14.9 Å². The molecule has 0 aliphatic carbocycles. The normalized spacial score (nSPS) is 14.1. The van der Waals surface area contributed by atoms with Gasteiger partial charge < -0.3 is 14.8 Å². The average molecular weight is 448 g/mol. The topological polar surface area (TPSA) is 163 Å². The molecular formula is C20H16N8O5. The van der Waals surface area contributed by atoms with Crippen molar-refractivity contribution in [1.29, 1.82) is 0 Å². The number of non-ortho nitro benzene ring substituents is 1. The summed E-state index contributed by atoms with van der Waals surface area (Å²) in [7, 11) is 3.07. The Morgan fingerprint density at radius 2 is 1.91 bits per heavy atom. The van der Waals surface area contributed by atoms with Crippen molar-refractivity contribution in [2.45, 2.75) is 6.04 Å². The zero-order chi connectivity index (χ0) is 23.1. The highest BCUT2D eigenvalue weighted by Crippen LogP contribution is 2.44. The zero-order valence-corrected chi connectivity index (χ0v) is 17.3. The van der Waals surface area contributed by atoms with Crippen LogP contribution in [0.4, 0.5) is 17.3 Å². The van der Waals surface area contributed by atoms with Crippen LogP contribution in [0, 0.1) is 10.1 Å². The molecule has 0 spiro atoms. The van der Waals surface area contributed by atoms with E-state index in [2.05, 4.69) is 31.0 Å². The van der Waals surface area contributed by atoms with Gasteiger partial charge in [0.2, 0.25) is 5.95 Å². The third-order valence-corrected chi connectivity index (χ3v) is 5.36. The van der Waals surface area contributed by atoms with Crippen LogP contribution >= 0.6 is 0 Å². The molecule has 0 amide bonds. The number of nitrogens with one attached hydrogen (secondary N) is 2. The molecule has 13 nitrogen and oxygen atoms in total. The number of nitrogens with zero attached hydrogens (tertiary/aromatic N) is 6. The number of benzene rings is 2. The summed E-state index contributed by atoms with van der Waals surface area (Å²) in [6.07, 6.45) is 0. The summed E-state index contributed by atoms with van der Waals surface area (Å²) < 4.78 is 12.4. The molecule has 1 aliphatic rings. The third kappa shape index (κ3) is 3.22. The molecule has 0 fully saturated rings. The fourth-order valence-corrected chi connectivity index (χ4v) is 3.83. The second-order valence-electron chi connectivity index (χ2n) is 7.08. The highest BCUT2D eigenvalue weighted by molar-refractivity contribution is 5.76. The average Bonchev–Trinajstić information content (AvgIpc) is 3.31. The molecular weight excluding hydrogens is 432 g/mol. The number of anilines is 2. The largest absolute Gasteiger partial charge is 0.497 e. The maximum atomic E-state index is 12.8. The van der Waals surface area contributed by atoms with E-state index in [1.807, 2.05) is 0 Å². The van der Waals surface area contributed by atoms with Gasteiger partial charge in [-0.05, 0) is 34.7 Å². The predicted molar refractivity (Wildman–Crippen MR) is 115 cm³/mol.